The number of carbonyl (C=O) groups is 1. The quantitative estimate of drug-likeness (QED) is 0.802. The minimum absolute atomic E-state index is 0.129. The van der Waals surface area contributed by atoms with Gasteiger partial charge in [0, 0.05) is 20.0 Å². The zero-order valence-electron chi connectivity index (χ0n) is 12.1. The van der Waals surface area contributed by atoms with Crippen LogP contribution in [0, 0.1) is 23.1 Å². The first-order valence-electron chi connectivity index (χ1n) is 6.54. The zero-order valence-corrected chi connectivity index (χ0v) is 12.9. The highest BCUT2D eigenvalue weighted by atomic mass is 32.1. The van der Waals surface area contributed by atoms with Gasteiger partial charge in [-0.1, -0.05) is 24.4 Å². The second kappa shape index (κ2) is 6.12. The molecule has 0 saturated heterocycles. The molecule has 5 nitrogen and oxygen atoms in total. The summed E-state index contributed by atoms with van der Waals surface area (Å²) in [5.74, 6) is -1.89. The summed E-state index contributed by atoms with van der Waals surface area (Å²) < 4.78 is 13.2. The molecular formula is C15H15FN4OS. The van der Waals surface area contributed by atoms with Crippen molar-refractivity contribution >= 4 is 23.1 Å². The molecule has 0 fully saturated rings. The summed E-state index contributed by atoms with van der Waals surface area (Å²) in [6, 6.07) is 7.66. The summed E-state index contributed by atoms with van der Waals surface area (Å²) >= 11 is 5.25. The minimum Gasteiger partial charge on any atom is -0.384 e. The van der Waals surface area contributed by atoms with E-state index in [0.717, 1.165) is 0 Å². The van der Waals surface area contributed by atoms with Gasteiger partial charge in [0.05, 0.1) is 16.6 Å². The highest BCUT2D eigenvalue weighted by molar-refractivity contribution is 7.80. The SMILES string of the molecule is CN(C)C(=O)[C@@H]1C(=S)NC(N)=C(C#N)[C@@H]1c1ccc(F)cc1. The lowest BCUT2D eigenvalue weighted by atomic mass is 9.77. The topological polar surface area (TPSA) is 82.2 Å². The number of hydrogen-bond donors (Lipinski definition) is 2. The first-order chi connectivity index (χ1) is 10.4. The van der Waals surface area contributed by atoms with Gasteiger partial charge in [-0.05, 0) is 17.7 Å². The van der Waals surface area contributed by atoms with Crippen LogP contribution in [0.4, 0.5) is 4.39 Å². The Morgan fingerprint density at radius 2 is 2.00 bits per heavy atom. The van der Waals surface area contributed by atoms with Crippen LogP contribution in [-0.4, -0.2) is 29.9 Å². The van der Waals surface area contributed by atoms with Crippen molar-refractivity contribution in [1.82, 2.24) is 10.2 Å². The van der Waals surface area contributed by atoms with Crippen molar-refractivity contribution < 1.29 is 9.18 Å². The highest BCUT2D eigenvalue weighted by Gasteiger charge is 2.41. The number of benzene rings is 1. The Hall–Kier alpha value is -2.46. The van der Waals surface area contributed by atoms with E-state index >= 15 is 0 Å². The van der Waals surface area contributed by atoms with E-state index in [9.17, 15) is 14.4 Å². The fourth-order valence-corrected chi connectivity index (χ4v) is 2.80. The molecule has 1 amide bonds. The number of amides is 1. The molecule has 1 aliphatic rings. The third kappa shape index (κ3) is 2.78. The van der Waals surface area contributed by atoms with E-state index in [1.54, 1.807) is 14.1 Å². The van der Waals surface area contributed by atoms with Crippen LogP contribution in [0.15, 0.2) is 35.7 Å². The molecule has 1 aliphatic heterocycles. The van der Waals surface area contributed by atoms with Gasteiger partial charge in [0.15, 0.2) is 0 Å². The van der Waals surface area contributed by atoms with Gasteiger partial charge in [-0.25, -0.2) is 4.39 Å². The third-order valence-corrected chi connectivity index (χ3v) is 3.89. The van der Waals surface area contributed by atoms with E-state index in [1.165, 1.54) is 29.2 Å². The summed E-state index contributed by atoms with van der Waals surface area (Å²) in [5, 5.41) is 12.1. The number of nitrogens with zero attached hydrogens (tertiary/aromatic N) is 2. The second-order valence-electron chi connectivity index (χ2n) is 5.17. The maximum absolute atomic E-state index is 13.2. The number of nitrogens with one attached hydrogen (secondary N) is 1. The average Bonchev–Trinajstić information content (AvgIpc) is 2.46. The molecule has 1 aromatic carbocycles. The summed E-state index contributed by atoms with van der Waals surface area (Å²) in [5.41, 5.74) is 6.67. The molecule has 0 aliphatic carbocycles. The Morgan fingerprint density at radius 3 is 2.50 bits per heavy atom. The predicted molar refractivity (Wildman–Crippen MR) is 83.9 cm³/mol. The largest absolute Gasteiger partial charge is 0.384 e. The normalized spacial score (nSPS) is 21.1. The molecule has 0 saturated carbocycles. The number of halogens is 1. The van der Waals surface area contributed by atoms with Crippen molar-refractivity contribution in [1.29, 1.82) is 5.26 Å². The van der Waals surface area contributed by atoms with E-state index in [2.05, 4.69) is 5.32 Å². The van der Waals surface area contributed by atoms with E-state index < -0.39 is 17.7 Å². The van der Waals surface area contributed by atoms with Crippen molar-refractivity contribution in [2.45, 2.75) is 5.92 Å². The summed E-state index contributed by atoms with van der Waals surface area (Å²) in [6.45, 7) is 0. The maximum Gasteiger partial charge on any atom is 0.233 e. The molecule has 0 bridgehead atoms. The number of nitrogens with two attached hydrogens (primary N) is 1. The van der Waals surface area contributed by atoms with Gasteiger partial charge in [-0.15, -0.1) is 0 Å². The minimum atomic E-state index is -0.752. The lowest BCUT2D eigenvalue weighted by Gasteiger charge is -2.34. The van der Waals surface area contributed by atoms with Crippen molar-refractivity contribution in [2.75, 3.05) is 14.1 Å². The Bertz CT molecular complexity index is 690. The summed E-state index contributed by atoms with van der Waals surface area (Å²) in [7, 11) is 3.22. The molecule has 1 heterocycles. The molecule has 2 rings (SSSR count). The maximum atomic E-state index is 13.2. The molecule has 0 unspecified atom stereocenters. The summed E-state index contributed by atoms with van der Waals surface area (Å²) in [4.78, 5) is 14.1. The van der Waals surface area contributed by atoms with Gasteiger partial charge in [0.25, 0.3) is 0 Å². The van der Waals surface area contributed by atoms with Crippen molar-refractivity contribution in [3.63, 3.8) is 0 Å². The van der Waals surface area contributed by atoms with E-state index in [0.29, 0.717) is 5.56 Å². The van der Waals surface area contributed by atoms with E-state index in [-0.39, 0.29) is 22.3 Å². The van der Waals surface area contributed by atoms with Crippen LogP contribution in [0.1, 0.15) is 11.5 Å². The lowest BCUT2D eigenvalue weighted by molar-refractivity contribution is -0.131. The Morgan fingerprint density at radius 1 is 1.41 bits per heavy atom. The Balaban J connectivity index is 2.60. The van der Waals surface area contributed by atoms with Crippen LogP contribution in [-0.2, 0) is 4.79 Å². The van der Waals surface area contributed by atoms with E-state index in [1.807, 2.05) is 6.07 Å². The van der Waals surface area contributed by atoms with Crippen molar-refractivity contribution in [3.05, 3.63) is 47.0 Å². The molecular weight excluding hydrogens is 303 g/mol. The molecule has 7 heteroatoms. The lowest BCUT2D eigenvalue weighted by Crippen LogP contribution is -2.48. The fourth-order valence-electron chi connectivity index (χ4n) is 2.46. The Labute approximate surface area is 133 Å². The van der Waals surface area contributed by atoms with Gasteiger partial charge in [-0.2, -0.15) is 5.26 Å². The number of nitriles is 1. The van der Waals surface area contributed by atoms with Gasteiger partial charge >= 0.3 is 0 Å². The predicted octanol–water partition coefficient (Wildman–Crippen LogP) is 1.24. The van der Waals surface area contributed by atoms with Crippen LogP contribution < -0.4 is 11.1 Å². The highest BCUT2D eigenvalue weighted by Crippen LogP contribution is 2.37. The number of hydrogen-bond acceptors (Lipinski definition) is 4. The van der Waals surface area contributed by atoms with Crippen LogP contribution >= 0.6 is 12.2 Å². The average molecular weight is 318 g/mol. The molecule has 0 aromatic heterocycles. The van der Waals surface area contributed by atoms with Gasteiger partial charge < -0.3 is 16.0 Å². The zero-order chi connectivity index (χ0) is 16.4. The summed E-state index contributed by atoms with van der Waals surface area (Å²) in [6.07, 6.45) is 0. The molecule has 114 valence electrons. The molecule has 1 aromatic rings. The Kier molecular flexibility index (Phi) is 4.43. The van der Waals surface area contributed by atoms with Crippen LogP contribution in [0.25, 0.3) is 0 Å². The van der Waals surface area contributed by atoms with Crippen LogP contribution in [0.2, 0.25) is 0 Å². The fraction of sp³-hybridized carbons (Fsp3) is 0.267. The van der Waals surface area contributed by atoms with Gasteiger partial charge in [0.1, 0.15) is 17.6 Å². The first kappa shape index (κ1) is 15.9. The van der Waals surface area contributed by atoms with E-state index in [4.69, 9.17) is 18.0 Å². The monoisotopic (exact) mass is 318 g/mol. The number of rotatable bonds is 2. The van der Waals surface area contributed by atoms with Gasteiger partial charge in [0.2, 0.25) is 5.91 Å². The number of thiocarbonyl (C=S) groups is 1. The smallest absolute Gasteiger partial charge is 0.233 e. The van der Waals surface area contributed by atoms with Crippen LogP contribution in [0.3, 0.4) is 0 Å². The van der Waals surface area contributed by atoms with Crippen LogP contribution in [0.5, 0.6) is 0 Å². The molecule has 0 spiro atoms. The second-order valence-corrected chi connectivity index (χ2v) is 5.61. The molecule has 2 atom stereocenters. The number of allylic oxidation sites excluding steroid dienone is 1. The third-order valence-electron chi connectivity index (χ3n) is 3.53. The first-order valence-corrected chi connectivity index (χ1v) is 6.95. The molecule has 0 radical (unpaired) electrons. The van der Waals surface area contributed by atoms with Gasteiger partial charge in [-0.3, -0.25) is 4.79 Å². The molecule has 22 heavy (non-hydrogen) atoms. The molecule has 3 N–H and O–H groups in total. The van der Waals surface area contributed by atoms with Crippen molar-refractivity contribution in [2.24, 2.45) is 11.7 Å². The standard InChI is InChI=1S/C15H15FN4OS/c1-20(2)15(21)12-11(8-3-5-9(16)6-4-8)10(7-17)13(18)19-14(12)22/h3-6,11-12H,18H2,1-2H3,(H,19,22)/t11-,12-/m0/s1. The number of carbonyl (C=O) groups excluding carboxylic acids is 1. The van der Waals surface area contributed by atoms with Crippen molar-refractivity contribution in [3.8, 4) is 6.07 Å².